The number of fused-ring (bicyclic) bond motifs is 5. The Morgan fingerprint density at radius 3 is 1.51 bits per heavy atom. The summed E-state index contributed by atoms with van der Waals surface area (Å²) in [5.74, 6) is 0.574. The summed E-state index contributed by atoms with van der Waals surface area (Å²) in [5.41, 5.74) is 10.6. The third-order valence-corrected chi connectivity index (χ3v) is 8.27. The standard InChI is InChI=1S/C40H24N4O/c1-2-17-31-29(15-1)30-16-3-4-18-32(30)41-37(31)25-11-9-12-26(23-25)38-39(43-34-20-6-5-19-33(34)42-38)27-13-10-14-28(24-27)40-44-35-21-7-8-22-36(35)45-40/h1-24H. The van der Waals surface area contributed by atoms with E-state index >= 15 is 0 Å². The first-order valence-electron chi connectivity index (χ1n) is 14.9. The van der Waals surface area contributed by atoms with Crippen LogP contribution in [0, 0.1) is 0 Å². The second kappa shape index (κ2) is 10.2. The summed E-state index contributed by atoms with van der Waals surface area (Å²) in [7, 11) is 0. The first-order valence-corrected chi connectivity index (χ1v) is 14.9. The molecule has 5 heteroatoms. The summed E-state index contributed by atoms with van der Waals surface area (Å²) in [4.78, 5) is 20.2. The molecule has 0 spiro atoms. The maximum atomic E-state index is 6.11. The summed E-state index contributed by atoms with van der Waals surface area (Å²) in [5, 5.41) is 3.45. The van der Waals surface area contributed by atoms with Crippen molar-refractivity contribution < 1.29 is 4.42 Å². The Hall–Kier alpha value is -6.20. The molecule has 0 saturated carbocycles. The fourth-order valence-electron chi connectivity index (χ4n) is 6.14. The van der Waals surface area contributed by atoms with Crippen molar-refractivity contribution in [3.63, 3.8) is 0 Å². The molecule has 9 aromatic rings. The van der Waals surface area contributed by atoms with Gasteiger partial charge in [0, 0.05) is 33.0 Å². The molecular weight excluding hydrogens is 552 g/mol. The number of rotatable bonds is 4. The molecular formula is C40H24N4O. The minimum Gasteiger partial charge on any atom is -0.436 e. The van der Waals surface area contributed by atoms with Crippen molar-refractivity contribution in [2.24, 2.45) is 0 Å². The zero-order valence-electron chi connectivity index (χ0n) is 24.1. The molecule has 6 aromatic carbocycles. The Morgan fingerprint density at radius 2 is 0.822 bits per heavy atom. The molecule has 0 aliphatic heterocycles. The van der Waals surface area contributed by atoms with E-state index in [4.69, 9.17) is 24.4 Å². The quantitative estimate of drug-likeness (QED) is 0.195. The average Bonchev–Trinajstić information content (AvgIpc) is 3.56. The monoisotopic (exact) mass is 576 g/mol. The number of benzene rings is 6. The van der Waals surface area contributed by atoms with Crippen LogP contribution in [0.3, 0.4) is 0 Å². The van der Waals surface area contributed by atoms with Crippen LogP contribution in [0.25, 0.3) is 89.0 Å². The van der Waals surface area contributed by atoms with Gasteiger partial charge < -0.3 is 4.42 Å². The molecule has 0 N–H and O–H groups in total. The van der Waals surface area contributed by atoms with Gasteiger partial charge in [-0.2, -0.15) is 0 Å². The van der Waals surface area contributed by atoms with Crippen molar-refractivity contribution in [2.75, 3.05) is 0 Å². The molecule has 0 amide bonds. The molecule has 0 aliphatic carbocycles. The van der Waals surface area contributed by atoms with Gasteiger partial charge in [0.1, 0.15) is 5.52 Å². The lowest BCUT2D eigenvalue weighted by molar-refractivity contribution is 0.620. The predicted octanol–water partition coefficient (Wildman–Crippen LogP) is 10.1. The van der Waals surface area contributed by atoms with Gasteiger partial charge in [0.15, 0.2) is 5.58 Å². The van der Waals surface area contributed by atoms with E-state index in [9.17, 15) is 0 Å². The second-order valence-corrected chi connectivity index (χ2v) is 11.1. The molecule has 3 aromatic heterocycles. The Labute approximate surface area is 258 Å². The third kappa shape index (κ3) is 4.33. The molecule has 0 radical (unpaired) electrons. The highest BCUT2D eigenvalue weighted by atomic mass is 16.3. The van der Waals surface area contributed by atoms with E-state index in [1.807, 2.05) is 66.7 Å². The highest BCUT2D eigenvalue weighted by molar-refractivity contribution is 6.11. The first kappa shape index (κ1) is 25.3. The fraction of sp³-hybridized carbons (Fsp3) is 0. The Morgan fingerprint density at radius 1 is 0.333 bits per heavy atom. The van der Waals surface area contributed by atoms with Crippen molar-refractivity contribution in [3.05, 3.63) is 146 Å². The third-order valence-electron chi connectivity index (χ3n) is 8.27. The van der Waals surface area contributed by atoms with E-state index in [0.29, 0.717) is 5.89 Å². The molecule has 0 fully saturated rings. The summed E-state index contributed by atoms with van der Waals surface area (Å²) in [6.07, 6.45) is 0. The maximum absolute atomic E-state index is 6.11. The van der Waals surface area contributed by atoms with Crippen LogP contribution in [0.4, 0.5) is 0 Å². The minimum atomic E-state index is 0.574. The maximum Gasteiger partial charge on any atom is 0.227 e. The SMILES string of the molecule is c1cc(-c2nc3ccccc3o2)cc(-c2nc3ccccc3nc2-c2cccc(-c3nc4ccccc4c4ccccc34)c2)c1. The van der Waals surface area contributed by atoms with Crippen molar-refractivity contribution in [1.82, 2.24) is 19.9 Å². The molecule has 0 saturated heterocycles. The number of hydrogen-bond acceptors (Lipinski definition) is 5. The van der Waals surface area contributed by atoms with E-state index in [1.54, 1.807) is 0 Å². The summed E-state index contributed by atoms with van der Waals surface area (Å²) >= 11 is 0. The molecule has 3 heterocycles. The van der Waals surface area contributed by atoms with Crippen LogP contribution >= 0.6 is 0 Å². The van der Waals surface area contributed by atoms with Gasteiger partial charge in [-0.3, -0.25) is 0 Å². The lowest BCUT2D eigenvalue weighted by Crippen LogP contribution is -1.96. The predicted molar refractivity (Wildman–Crippen MR) is 182 cm³/mol. The Bertz CT molecular complexity index is 2540. The Kier molecular flexibility index (Phi) is 5.74. The lowest BCUT2D eigenvalue weighted by atomic mass is 9.97. The van der Waals surface area contributed by atoms with E-state index in [2.05, 4.69) is 78.9 Å². The highest BCUT2D eigenvalue weighted by Crippen LogP contribution is 2.37. The number of nitrogens with zero attached hydrogens (tertiary/aromatic N) is 4. The van der Waals surface area contributed by atoms with Gasteiger partial charge in [-0.05, 0) is 53.9 Å². The second-order valence-electron chi connectivity index (χ2n) is 11.1. The van der Waals surface area contributed by atoms with Gasteiger partial charge in [0.05, 0.1) is 33.6 Å². The average molecular weight is 577 g/mol. The molecule has 45 heavy (non-hydrogen) atoms. The largest absolute Gasteiger partial charge is 0.436 e. The highest BCUT2D eigenvalue weighted by Gasteiger charge is 2.17. The number of aromatic nitrogens is 4. The smallest absolute Gasteiger partial charge is 0.227 e. The number of hydrogen-bond donors (Lipinski definition) is 0. The number of pyridine rings is 1. The molecule has 0 atom stereocenters. The number of para-hydroxylation sites is 5. The van der Waals surface area contributed by atoms with Gasteiger partial charge >= 0.3 is 0 Å². The first-order chi connectivity index (χ1) is 22.3. The van der Waals surface area contributed by atoms with Crippen LogP contribution < -0.4 is 0 Å². The van der Waals surface area contributed by atoms with Gasteiger partial charge in [-0.25, -0.2) is 19.9 Å². The molecule has 0 aliphatic rings. The van der Waals surface area contributed by atoms with Crippen LogP contribution in [0.2, 0.25) is 0 Å². The zero-order chi connectivity index (χ0) is 29.7. The topological polar surface area (TPSA) is 64.7 Å². The van der Waals surface area contributed by atoms with Crippen molar-refractivity contribution in [3.8, 4) is 45.2 Å². The van der Waals surface area contributed by atoms with Gasteiger partial charge in [0.25, 0.3) is 0 Å². The zero-order valence-corrected chi connectivity index (χ0v) is 24.1. The van der Waals surface area contributed by atoms with Gasteiger partial charge in [-0.1, -0.05) is 97.1 Å². The summed E-state index contributed by atoms with van der Waals surface area (Å²) in [6, 6.07) is 49.2. The van der Waals surface area contributed by atoms with Crippen LogP contribution in [-0.4, -0.2) is 19.9 Å². The van der Waals surface area contributed by atoms with Crippen LogP contribution in [0.1, 0.15) is 0 Å². The lowest BCUT2D eigenvalue weighted by Gasteiger charge is -2.13. The van der Waals surface area contributed by atoms with E-state index in [1.165, 1.54) is 5.39 Å². The van der Waals surface area contributed by atoms with E-state index < -0.39 is 0 Å². The van der Waals surface area contributed by atoms with E-state index in [-0.39, 0.29) is 0 Å². The van der Waals surface area contributed by atoms with Gasteiger partial charge in [-0.15, -0.1) is 0 Å². The van der Waals surface area contributed by atoms with E-state index in [0.717, 1.165) is 77.8 Å². The molecule has 9 rings (SSSR count). The molecule has 210 valence electrons. The van der Waals surface area contributed by atoms with Crippen LogP contribution in [0.5, 0.6) is 0 Å². The summed E-state index contributed by atoms with van der Waals surface area (Å²) < 4.78 is 6.11. The normalized spacial score (nSPS) is 11.6. The molecule has 0 bridgehead atoms. The fourth-order valence-corrected chi connectivity index (χ4v) is 6.14. The van der Waals surface area contributed by atoms with Crippen LogP contribution in [0.15, 0.2) is 150 Å². The summed E-state index contributed by atoms with van der Waals surface area (Å²) in [6.45, 7) is 0. The van der Waals surface area contributed by atoms with Gasteiger partial charge in [0.2, 0.25) is 5.89 Å². The van der Waals surface area contributed by atoms with Crippen molar-refractivity contribution in [1.29, 1.82) is 0 Å². The van der Waals surface area contributed by atoms with Crippen molar-refractivity contribution in [2.45, 2.75) is 0 Å². The molecule has 5 nitrogen and oxygen atoms in total. The Balaban J connectivity index is 1.23. The minimum absolute atomic E-state index is 0.574. The molecule has 0 unspecified atom stereocenters. The number of oxazole rings is 1. The van der Waals surface area contributed by atoms with Crippen molar-refractivity contribution >= 4 is 43.8 Å². The van der Waals surface area contributed by atoms with Crippen LogP contribution in [-0.2, 0) is 0 Å².